The molecule has 1 fully saturated rings. The van der Waals surface area contributed by atoms with Crippen LogP contribution in [-0.4, -0.2) is 70.9 Å². The van der Waals surface area contributed by atoms with Gasteiger partial charge in [0.25, 0.3) is 5.56 Å². The van der Waals surface area contributed by atoms with Gasteiger partial charge in [-0.25, -0.2) is 13.5 Å². The van der Waals surface area contributed by atoms with E-state index in [1.807, 2.05) is 11.2 Å². The maximum Gasteiger partial charge on any atom is 0.277 e. The normalized spacial score (nSPS) is 16.9. The van der Waals surface area contributed by atoms with Gasteiger partial charge in [-0.05, 0) is 56.7 Å². The Morgan fingerprint density at radius 2 is 2.03 bits per heavy atom. The Labute approximate surface area is 212 Å². The standard InChI is InChI=1S/C25H35N5O5S/c1-4-6-19-22-23(29(3)28-19)25(33)27-24(26-22)18-15-17(7-8-21(18)35-5-2)36(34)30-12-9-16(10-13-30)20(32)11-14-31/h7-8,15-16,20,31-32H,4-6,9-14H2,1-3H3,(H,26,27,33). The van der Waals surface area contributed by atoms with Crippen molar-refractivity contribution in [2.24, 2.45) is 13.0 Å². The number of nitrogens with zero attached hydrogens (tertiary/aromatic N) is 4. The summed E-state index contributed by atoms with van der Waals surface area (Å²) in [5.41, 5.74) is 2.04. The Balaban J connectivity index is 1.67. The lowest BCUT2D eigenvalue weighted by atomic mass is 9.91. The van der Waals surface area contributed by atoms with E-state index >= 15 is 0 Å². The number of H-pyrrole nitrogens is 1. The molecule has 2 aromatic heterocycles. The predicted molar refractivity (Wildman–Crippen MR) is 138 cm³/mol. The molecule has 10 nitrogen and oxygen atoms in total. The fraction of sp³-hybridized carbons (Fsp3) is 0.560. The molecule has 11 heteroatoms. The molecule has 0 saturated carbocycles. The van der Waals surface area contributed by atoms with E-state index in [4.69, 9.17) is 14.8 Å². The Hall–Kier alpha value is -2.60. The Morgan fingerprint density at radius 1 is 1.28 bits per heavy atom. The molecule has 1 saturated heterocycles. The Kier molecular flexibility index (Phi) is 8.55. The van der Waals surface area contributed by atoms with Crippen LogP contribution in [-0.2, 0) is 24.5 Å². The van der Waals surface area contributed by atoms with Crippen molar-refractivity contribution in [2.75, 3.05) is 26.3 Å². The van der Waals surface area contributed by atoms with E-state index in [1.54, 1.807) is 29.9 Å². The molecule has 0 aliphatic carbocycles. The van der Waals surface area contributed by atoms with Gasteiger partial charge in [0.1, 0.15) is 28.1 Å². The molecule has 3 aromatic rings. The average molecular weight is 518 g/mol. The highest BCUT2D eigenvalue weighted by Crippen LogP contribution is 2.32. The number of benzene rings is 1. The molecule has 0 amide bonds. The molecule has 1 aromatic carbocycles. The summed E-state index contributed by atoms with van der Waals surface area (Å²) in [6, 6.07) is 5.32. The highest BCUT2D eigenvalue weighted by molar-refractivity contribution is 7.82. The van der Waals surface area contributed by atoms with E-state index in [0.29, 0.717) is 78.4 Å². The van der Waals surface area contributed by atoms with Gasteiger partial charge < -0.3 is 19.9 Å². The summed E-state index contributed by atoms with van der Waals surface area (Å²) in [4.78, 5) is 21.2. The smallest absolute Gasteiger partial charge is 0.277 e. The van der Waals surface area contributed by atoms with Crippen LogP contribution in [0.1, 0.15) is 45.2 Å². The Morgan fingerprint density at radius 3 is 2.69 bits per heavy atom. The maximum absolute atomic E-state index is 13.5. The molecule has 0 bridgehead atoms. The van der Waals surface area contributed by atoms with Crippen molar-refractivity contribution in [3.05, 3.63) is 34.2 Å². The summed E-state index contributed by atoms with van der Waals surface area (Å²) >= 11 is 0. The molecule has 196 valence electrons. The summed E-state index contributed by atoms with van der Waals surface area (Å²) < 4.78 is 22.7. The van der Waals surface area contributed by atoms with Crippen molar-refractivity contribution < 1.29 is 19.2 Å². The molecular weight excluding hydrogens is 482 g/mol. The van der Waals surface area contributed by atoms with Crippen LogP contribution >= 0.6 is 0 Å². The van der Waals surface area contributed by atoms with E-state index in [0.717, 1.165) is 12.1 Å². The number of nitrogens with one attached hydrogen (secondary N) is 1. The maximum atomic E-state index is 13.5. The average Bonchev–Trinajstić information content (AvgIpc) is 3.20. The van der Waals surface area contributed by atoms with Gasteiger partial charge in [-0.3, -0.25) is 9.48 Å². The van der Waals surface area contributed by atoms with Gasteiger partial charge in [0.15, 0.2) is 5.52 Å². The van der Waals surface area contributed by atoms with Crippen LogP contribution < -0.4 is 10.3 Å². The van der Waals surface area contributed by atoms with Crippen LogP contribution in [0.4, 0.5) is 0 Å². The zero-order chi connectivity index (χ0) is 25.8. The SMILES string of the molecule is CCCc1nn(C)c2c(=O)[nH]c(-c3cc(S(=O)N4CCC(C(O)CCO)CC4)ccc3OCC)nc12. The van der Waals surface area contributed by atoms with E-state index in [2.05, 4.69) is 17.0 Å². The lowest BCUT2D eigenvalue weighted by Gasteiger charge is -2.33. The van der Waals surface area contributed by atoms with Gasteiger partial charge >= 0.3 is 0 Å². The number of rotatable bonds is 10. The number of aliphatic hydroxyl groups excluding tert-OH is 2. The van der Waals surface area contributed by atoms with Crippen molar-refractivity contribution in [1.29, 1.82) is 0 Å². The summed E-state index contributed by atoms with van der Waals surface area (Å²) in [5.74, 6) is 0.998. The van der Waals surface area contributed by atoms with Crippen molar-refractivity contribution in [3.63, 3.8) is 0 Å². The zero-order valence-electron chi connectivity index (χ0n) is 21.1. The minimum atomic E-state index is -1.42. The molecule has 2 unspecified atom stereocenters. The fourth-order valence-corrected chi connectivity index (χ4v) is 6.05. The lowest BCUT2D eigenvalue weighted by Crippen LogP contribution is -2.39. The van der Waals surface area contributed by atoms with Crippen molar-refractivity contribution in [2.45, 2.75) is 57.0 Å². The third kappa shape index (κ3) is 5.39. The molecule has 0 radical (unpaired) electrons. The minimum Gasteiger partial charge on any atom is -0.493 e. The largest absolute Gasteiger partial charge is 0.493 e. The molecule has 2 atom stereocenters. The second-order valence-corrected chi connectivity index (χ2v) is 10.6. The summed E-state index contributed by atoms with van der Waals surface area (Å²) in [5, 5.41) is 23.8. The van der Waals surface area contributed by atoms with Gasteiger partial charge in [0.05, 0.1) is 28.9 Å². The lowest BCUT2D eigenvalue weighted by molar-refractivity contribution is 0.0550. The van der Waals surface area contributed by atoms with Crippen LogP contribution in [0.3, 0.4) is 0 Å². The number of aromatic amines is 1. The number of aromatic nitrogens is 4. The molecule has 1 aliphatic rings. The monoisotopic (exact) mass is 517 g/mol. The zero-order valence-corrected chi connectivity index (χ0v) is 21.9. The fourth-order valence-electron chi connectivity index (χ4n) is 4.81. The number of piperidine rings is 1. The molecular formula is C25H35N5O5S. The second-order valence-electron chi connectivity index (χ2n) is 9.12. The van der Waals surface area contributed by atoms with Crippen LogP contribution in [0.2, 0.25) is 0 Å². The number of aliphatic hydroxyl groups is 2. The van der Waals surface area contributed by atoms with Crippen molar-refractivity contribution in [3.8, 4) is 17.1 Å². The number of fused-ring (bicyclic) bond motifs is 1. The number of hydrogen-bond donors (Lipinski definition) is 3. The minimum absolute atomic E-state index is 0.0385. The molecule has 1 aliphatic heterocycles. The van der Waals surface area contributed by atoms with E-state index in [9.17, 15) is 14.1 Å². The highest BCUT2D eigenvalue weighted by atomic mass is 32.2. The Bertz CT molecular complexity index is 1280. The molecule has 36 heavy (non-hydrogen) atoms. The van der Waals surface area contributed by atoms with Crippen LogP contribution in [0.5, 0.6) is 5.75 Å². The van der Waals surface area contributed by atoms with Crippen molar-refractivity contribution >= 4 is 22.0 Å². The summed E-state index contributed by atoms with van der Waals surface area (Å²) in [6.07, 6.45) is 2.83. The molecule has 3 N–H and O–H groups in total. The van der Waals surface area contributed by atoms with Gasteiger partial charge in [-0.15, -0.1) is 0 Å². The number of aryl methyl sites for hydroxylation is 2. The van der Waals surface area contributed by atoms with E-state index in [1.165, 1.54) is 0 Å². The predicted octanol–water partition coefficient (Wildman–Crippen LogP) is 2.15. The quantitative estimate of drug-likeness (QED) is 0.375. The third-order valence-electron chi connectivity index (χ3n) is 6.66. The second kappa shape index (κ2) is 11.6. The first-order valence-electron chi connectivity index (χ1n) is 12.6. The first-order chi connectivity index (χ1) is 17.4. The third-order valence-corrected chi connectivity index (χ3v) is 8.15. The summed E-state index contributed by atoms with van der Waals surface area (Å²) in [7, 11) is 0.312. The van der Waals surface area contributed by atoms with Crippen molar-refractivity contribution in [1.82, 2.24) is 24.1 Å². The number of ether oxygens (including phenoxy) is 1. The first-order valence-corrected chi connectivity index (χ1v) is 13.7. The summed E-state index contributed by atoms with van der Waals surface area (Å²) in [6.45, 7) is 5.49. The molecule has 0 spiro atoms. The van der Waals surface area contributed by atoms with Gasteiger partial charge in [0, 0.05) is 26.7 Å². The highest BCUT2D eigenvalue weighted by Gasteiger charge is 2.28. The molecule has 4 rings (SSSR count). The van der Waals surface area contributed by atoms with E-state index < -0.39 is 17.1 Å². The van der Waals surface area contributed by atoms with Gasteiger partial charge in [-0.2, -0.15) is 5.10 Å². The van der Waals surface area contributed by atoms with Gasteiger partial charge in [-0.1, -0.05) is 13.3 Å². The molecule has 3 heterocycles. The topological polar surface area (TPSA) is 134 Å². The van der Waals surface area contributed by atoms with Gasteiger partial charge in [0.2, 0.25) is 0 Å². The van der Waals surface area contributed by atoms with Crippen LogP contribution in [0.15, 0.2) is 27.9 Å². The van der Waals surface area contributed by atoms with E-state index in [-0.39, 0.29) is 18.1 Å². The first kappa shape index (κ1) is 26.5. The van der Waals surface area contributed by atoms with Crippen LogP contribution in [0, 0.1) is 5.92 Å². The van der Waals surface area contributed by atoms with Crippen LogP contribution in [0.25, 0.3) is 22.4 Å². The number of hydrogen-bond acceptors (Lipinski definition) is 7.